The summed E-state index contributed by atoms with van der Waals surface area (Å²) in [5.74, 6) is -0.150. The van der Waals surface area contributed by atoms with E-state index in [1.165, 1.54) is 17.8 Å². The number of hydrogen-bond donors (Lipinski definition) is 1. The van der Waals surface area contributed by atoms with Crippen molar-refractivity contribution in [1.82, 2.24) is 10.2 Å². The zero-order chi connectivity index (χ0) is 18.2. The van der Waals surface area contributed by atoms with Gasteiger partial charge >= 0.3 is 0 Å². The first-order chi connectivity index (χ1) is 12.7. The number of rotatable bonds is 7. The molecule has 0 spiro atoms. The van der Waals surface area contributed by atoms with Gasteiger partial charge in [-0.2, -0.15) is 0 Å². The Kier molecular flexibility index (Phi) is 6.61. The van der Waals surface area contributed by atoms with Gasteiger partial charge in [-0.1, -0.05) is 30.3 Å². The van der Waals surface area contributed by atoms with E-state index in [9.17, 15) is 9.18 Å². The van der Waals surface area contributed by atoms with Crippen LogP contribution >= 0.6 is 0 Å². The van der Waals surface area contributed by atoms with Gasteiger partial charge in [-0.05, 0) is 36.2 Å². The number of para-hydroxylation sites is 1. The molecule has 1 saturated heterocycles. The Morgan fingerprint density at radius 3 is 2.35 bits per heavy atom. The zero-order valence-electron chi connectivity index (χ0n) is 15.0. The van der Waals surface area contributed by atoms with E-state index in [-0.39, 0.29) is 11.7 Å². The van der Waals surface area contributed by atoms with E-state index in [1.807, 2.05) is 6.07 Å². The van der Waals surface area contributed by atoms with E-state index in [4.69, 9.17) is 0 Å². The van der Waals surface area contributed by atoms with Crippen molar-refractivity contribution >= 4 is 11.6 Å². The highest BCUT2D eigenvalue weighted by atomic mass is 19.1. The Labute approximate surface area is 154 Å². The third-order valence-electron chi connectivity index (χ3n) is 4.80. The molecule has 0 unspecified atom stereocenters. The van der Waals surface area contributed by atoms with Gasteiger partial charge in [0, 0.05) is 51.4 Å². The molecule has 2 aromatic carbocycles. The minimum absolute atomic E-state index is 0.0811. The Hall–Kier alpha value is -2.40. The summed E-state index contributed by atoms with van der Waals surface area (Å²) in [5.41, 5.74) is 2.30. The van der Waals surface area contributed by atoms with Crippen molar-refractivity contribution < 1.29 is 9.18 Å². The molecule has 5 heteroatoms. The molecule has 26 heavy (non-hydrogen) atoms. The summed E-state index contributed by atoms with van der Waals surface area (Å²) in [6.07, 6.45) is 1.25. The molecule has 0 aromatic heterocycles. The standard InChI is InChI=1S/C21H26FN3O/c22-19-8-6-18(7-9-19)10-12-23-21(26)11-13-24-14-16-25(17-15-24)20-4-2-1-3-5-20/h1-9H,10-17H2,(H,23,26). The third kappa shape index (κ3) is 5.56. The molecule has 2 aromatic rings. The van der Waals surface area contributed by atoms with Crippen LogP contribution in [-0.4, -0.2) is 50.1 Å². The molecular weight excluding hydrogens is 329 g/mol. The lowest BCUT2D eigenvalue weighted by molar-refractivity contribution is -0.121. The predicted octanol–water partition coefficient (Wildman–Crippen LogP) is 2.70. The first-order valence-electron chi connectivity index (χ1n) is 9.24. The molecule has 1 N–H and O–H groups in total. The van der Waals surface area contributed by atoms with E-state index in [0.717, 1.165) is 44.7 Å². The Morgan fingerprint density at radius 1 is 0.962 bits per heavy atom. The van der Waals surface area contributed by atoms with Crippen LogP contribution in [-0.2, 0) is 11.2 Å². The van der Waals surface area contributed by atoms with Crippen molar-refractivity contribution in [2.45, 2.75) is 12.8 Å². The summed E-state index contributed by atoms with van der Waals surface area (Å²) in [4.78, 5) is 16.7. The van der Waals surface area contributed by atoms with Crippen LogP contribution < -0.4 is 10.2 Å². The van der Waals surface area contributed by atoms with Gasteiger partial charge in [0.2, 0.25) is 5.91 Å². The van der Waals surface area contributed by atoms with Gasteiger partial charge < -0.3 is 10.2 Å². The maximum Gasteiger partial charge on any atom is 0.221 e. The van der Waals surface area contributed by atoms with Crippen LogP contribution in [0.25, 0.3) is 0 Å². The van der Waals surface area contributed by atoms with Crippen LogP contribution in [0.4, 0.5) is 10.1 Å². The quantitative estimate of drug-likeness (QED) is 0.829. The highest BCUT2D eigenvalue weighted by Crippen LogP contribution is 2.15. The fourth-order valence-electron chi connectivity index (χ4n) is 3.21. The van der Waals surface area contributed by atoms with Gasteiger partial charge in [0.25, 0.3) is 0 Å². The maximum atomic E-state index is 12.9. The van der Waals surface area contributed by atoms with Crippen LogP contribution in [0, 0.1) is 5.82 Å². The SMILES string of the molecule is O=C(CCN1CCN(c2ccccc2)CC1)NCCc1ccc(F)cc1. The molecule has 3 rings (SSSR count). The molecule has 1 amide bonds. The Bertz CT molecular complexity index is 682. The number of hydrogen-bond acceptors (Lipinski definition) is 3. The summed E-state index contributed by atoms with van der Waals surface area (Å²) in [5, 5.41) is 2.95. The number of nitrogens with zero attached hydrogens (tertiary/aromatic N) is 2. The average Bonchev–Trinajstić information content (AvgIpc) is 2.69. The summed E-state index contributed by atoms with van der Waals surface area (Å²) < 4.78 is 12.9. The lowest BCUT2D eigenvalue weighted by atomic mass is 10.1. The lowest BCUT2D eigenvalue weighted by Gasteiger charge is -2.36. The molecule has 1 aliphatic rings. The van der Waals surface area contributed by atoms with Crippen molar-refractivity contribution in [3.8, 4) is 0 Å². The zero-order valence-corrected chi connectivity index (χ0v) is 15.0. The van der Waals surface area contributed by atoms with Gasteiger partial charge in [0.1, 0.15) is 5.82 Å². The van der Waals surface area contributed by atoms with Crippen LogP contribution in [0.3, 0.4) is 0 Å². The van der Waals surface area contributed by atoms with Crippen molar-refractivity contribution in [1.29, 1.82) is 0 Å². The van der Waals surface area contributed by atoms with E-state index < -0.39 is 0 Å². The average molecular weight is 355 g/mol. The smallest absolute Gasteiger partial charge is 0.221 e. The lowest BCUT2D eigenvalue weighted by Crippen LogP contribution is -2.47. The number of halogens is 1. The van der Waals surface area contributed by atoms with Gasteiger partial charge in [0.05, 0.1) is 0 Å². The molecule has 0 bridgehead atoms. The topological polar surface area (TPSA) is 35.6 Å². The fourth-order valence-corrected chi connectivity index (χ4v) is 3.21. The van der Waals surface area contributed by atoms with E-state index in [0.29, 0.717) is 13.0 Å². The predicted molar refractivity (Wildman–Crippen MR) is 103 cm³/mol. The number of carbonyl (C=O) groups is 1. The van der Waals surface area contributed by atoms with E-state index >= 15 is 0 Å². The van der Waals surface area contributed by atoms with E-state index in [1.54, 1.807) is 12.1 Å². The number of nitrogens with one attached hydrogen (secondary N) is 1. The second kappa shape index (κ2) is 9.34. The third-order valence-corrected chi connectivity index (χ3v) is 4.80. The second-order valence-corrected chi connectivity index (χ2v) is 6.64. The molecule has 1 fully saturated rings. The fraction of sp³-hybridized carbons (Fsp3) is 0.381. The van der Waals surface area contributed by atoms with Crippen molar-refractivity contribution in [3.63, 3.8) is 0 Å². The van der Waals surface area contributed by atoms with Crippen molar-refractivity contribution in [2.75, 3.05) is 44.2 Å². The summed E-state index contributed by atoms with van der Waals surface area (Å²) in [7, 11) is 0. The van der Waals surface area contributed by atoms with Gasteiger partial charge in [-0.15, -0.1) is 0 Å². The minimum atomic E-state index is -0.231. The Balaban J connectivity index is 1.31. The van der Waals surface area contributed by atoms with Crippen LogP contribution in [0.2, 0.25) is 0 Å². The van der Waals surface area contributed by atoms with Crippen LogP contribution in [0.15, 0.2) is 54.6 Å². The summed E-state index contributed by atoms with van der Waals surface area (Å²) >= 11 is 0. The minimum Gasteiger partial charge on any atom is -0.369 e. The van der Waals surface area contributed by atoms with Crippen LogP contribution in [0.1, 0.15) is 12.0 Å². The second-order valence-electron chi connectivity index (χ2n) is 6.64. The first-order valence-corrected chi connectivity index (χ1v) is 9.24. The summed E-state index contributed by atoms with van der Waals surface area (Å²) in [6, 6.07) is 16.9. The number of amides is 1. The molecule has 4 nitrogen and oxygen atoms in total. The molecule has 1 aliphatic heterocycles. The van der Waals surface area contributed by atoms with Gasteiger partial charge in [0.15, 0.2) is 0 Å². The van der Waals surface area contributed by atoms with E-state index in [2.05, 4.69) is 39.4 Å². The monoisotopic (exact) mass is 355 g/mol. The number of carbonyl (C=O) groups excluding carboxylic acids is 1. The molecule has 0 atom stereocenters. The largest absolute Gasteiger partial charge is 0.369 e. The van der Waals surface area contributed by atoms with Gasteiger partial charge in [-0.3, -0.25) is 9.69 Å². The number of anilines is 1. The highest BCUT2D eigenvalue weighted by Gasteiger charge is 2.17. The molecule has 0 aliphatic carbocycles. The molecule has 1 heterocycles. The van der Waals surface area contributed by atoms with Crippen molar-refractivity contribution in [2.24, 2.45) is 0 Å². The maximum absolute atomic E-state index is 12.9. The summed E-state index contributed by atoms with van der Waals surface area (Å²) in [6.45, 7) is 5.35. The number of benzene rings is 2. The molecule has 0 saturated carbocycles. The first kappa shape index (κ1) is 18.4. The van der Waals surface area contributed by atoms with Crippen molar-refractivity contribution in [3.05, 3.63) is 66.0 Å². The van der Waals surface area contributed by atoms with Crippen LogP contribution in [0.5, 0.6) is 0 Å². The van der Waals surface area contributed by atoms with Gasteiger partial charge in [-0.25, -0.2) is 4.39 Å². The molecular formula is C21H26FN3O. The molecule has 0 radical (unpaired) electrons. The number of piperazine rings is 1. The molecule has 138 valence electrons. The normalized spacial score (nSPS) is 15.0. The Morgan fingerprint density at radius 2 is 1.65 bits per heavy atom. The highest BCUT2D eigenvalue weighted by molar-refractivity contribution is 5.76.